The predicted octanol–water partition coefficient (Wildman–Crippen LogP) is 4.45. The number of ether oxygens (including phenoxy) is 1. The molecule has 8 heteroatoms. The fourth-order valence-electron chi connectivity index (χ4n) is 3.43. The van der Waals surface area contributed by atoms with E-state index in [0.29, 0.717) is 33.5 Å². The van der Waals surface area contributed by atoms with Crippen LogP contribution in [-0.2, 0) is 0 Å². The van der Waals surface area contributed by atoms with Crippen LogP contribution in [0.15, 0.2) is 66.7 Å². The Labute approximate surface area is 170 Å². The largest absolute Gasteiger partial charge is 0.497 e. The van der Waals surface area contributed by atoms with Gasteiger partial charge in [-0.2, -0.15) is 0 Å². The molecule has 0 saturated heterocycles. The Balaban J connectivity index is 1.93. The first-order valence-electron chi connectivity index (χ1n) is 8.93. The second kappa shape index (κ2) is 7.32. The lowest BCUT2D eigenvalue weighted by Crippen LogP contribution is -2.16. The zero-order valence-corrected chi connectivity index (χ0v) is 15.8. The number of aromatic nitrogens is 1. The molecule has 0 aliphatic rings. The van der Waals surface area contributed by atoms with Gasteiger partial charge in [0, 0.05) is 34.8 Å². The molecule has 0 aliphatic carbocycles. The molecule has 30 heavy (non-hydrogen) atoms. The highest BCUT2D eigenvalue weighted by atomic mass is 19.1. The Morgan fingerprint density at radius 3 is 2.57 bits per heavy atom. The number of nitro benzene ring substituents is 1. The minimum atomic E-state index is -0.685. The summed E-state index contributed by atoms with van der Waals surface area (Å²) in [4.78, 5) is 22.8. The first kappa shape index (κ1) is 19.1. The molecular weight excluding hydrogens is 389 g/mol. The van der Waals surface area contributed by atoms with Gasteiger partial charge in [0.25, 0.3) is 11.6 Å². The number of nitrogens with two attached hydrogens (primary N) is 1. The Hall–Kier alpha value is -4.20. The molecule has 0 saturated carbocycles. The molecule has 0 bridgehead atoms. The summed E-state index contributed by atoms with van der Waals surface area (Å²) < 4.78 is 21.1. The molecule has 3 aromatic carbocycles. The average molecular weight is 405 g/mol. The first-order valence-corrected chi connectivity index (χ1v) is 8.93. The minimum Gasteiger partial charge on any atom is -0.497 e. The molecule has 0 atom stereocenters. The van der Waals surface area contributed by atoms with E-state index in [-0.39, 0.29) is 11.4 Å². The van der Waals surface area contributed by atoms with E-state index in [1.54, 1.807) is 48.5 Å². The van der Waals surface area contributed by atoms with Gasteiger partial charge in [0.1, 0.15) is 17.3 Å². The van der Waals surface area contributed by atoms with Gasteiger partial charge >= 0.3 is 0 Å². The van der Waals surface area contributed by atoms with Gasteiger partial charge < -0.3 is 15.0 Å². The number of nitro groups is 1. The van der Waals surface area contributed by atoms with Crippen molar-refractivity contribution in [2.45, 2.75) is 0 Å². The number of carbonyl (C=O) groups excluding carboxylic acids is 1. The predicted molar refractivity (Wildman–Crippen MR) is 110 cm³/mol. The molecule has 0 spiro atoms. The van der Waals surface area contributed by atoms with Gasteiger partial charge in [0.15, 0.2) is 0 Å². The molecule has 1 amide bonds. The zero-order chi connectivity index (χ0) is 21.4. The molecule has 0 radical (unpaired) electrons. The molecule has 150 valence electrons. The maximum atomic E-state index is 14.6. The number of carbonyl (C=O) groups is 1. The molecule has 0 unspecified atom stereocenters. The van der Waals surface area contributed by atoms with Crippen LogP contribution < -0.4 is 10.5 Å². The van der Waals surface area contributed by atoms with E-state index in [2.05, 4.69) is 0 Å². The van der Waals surface area contributed by atoms with Crippen molar-refractivity contribution in [2.75, 3.05) is 7.11 Å². The lowest BCUT2D eigenvalue weighted by Gasteiger charge is -2.12. The van der Waals surface area contributed by atoms with Crippen molar-refractivity contribution in [3.05, 3.63) is 88.4 Å². The van der Waals surface area contributed by atoms with E-state index in [9.17, 15) is 19.3 Å². The third-order valence-corrected chi connectivity index (χ3v) is 4.84. The Morgan fingerprint density at radius 2 is 1.90 bits per heavy atom. The molecule has 1 aromatic heterocycles. The van der Waals surface area contributed by atoms with Crippen molar-refractivity contribution in [3.8, 4) is 22.6 Å². The van der Waals surface area contributed by atoms with Crippen LogP contribution >= 0.6 is 0 Å². The third kappa shape index (κ3) is 3.24. The topological polar surface area (TPSA) is 100 Å². The highest BCUT2D eigenvalue weighted by Crippen LogP contribution is 2.31. The summed E-state index contributed by atoms with van der Waals surface area (Å²) in [5.74, 6) is -0.753. The number of benzene rings is 3. The van der Waals surface area contributed by atoms with Crippen LogP contribution in [0.1, 0.15) is 10.5 Å². The number of amides is 1. The van der Waals surface area contributed by atoms with E-state index in [4.69, 9.17) is 10.5 Å². The standard InChI is InChI=1S/C22H16FN3O4/c1-30-17-7-8-18(19(23)12-17)13-3-2-4-15(9-13)25-20-11-16(26(28)29)6-5-14(20)10-21(25)22(24)27/h2-12H,1H3,(H2,24,27). The van der Waals surface area contributed by atoms with E-state index in [1.807, 2.05) is 0 Å². The highest BCUT2D eigenvalue weighted by Gasteiger charge is 2.18. The number of hydrogen-bond donors (Lipinski definition) is 1. The molecule has 4 aromatic rings. The third-order valence-electron chi connectivity index (χ3n) is 4.84. The van der Waals surface area contributed by atoms with Crippen molar-refractivity contribution in [3.63, 3.8) is 0 Å². The van der Waals surface area contributed by atoms with Crippen LogP contribution in [0.2, 0.25) is 0 Å². The van der Waals surface area contributed by atoms with Gasteiger partial charge in [-0.3, -0.25) is 14.9 Å². The Bertz CT molecular complexity index is 1310. The van der Waals surface area contributed by atoms with Crippen LogP contribution in [0.3, 0.4) is 0 Å². The van der Waals surface area contributed by atoms with Gasteiger partial charge in [0.05, 0.1) is 17.5 Å². The summed E-state index contributed by atoms with van der Waals surface area (Å²) in [6, 6.07) is 17.2. The smallest absolute Gasteiger partial charge is 0.271 e. The molecule has 4 rings (SSSR count). The number of primary amides is 1. The maximum absolute atomic E-state index is 14.6. The Morgan fingerprint density at radius 1 is 1.10 bits per heavy atom. The summed E-state index contributed by atoms with van der Waals surface area (Å²) in [5.41, 5.74) is 7.48. The fraction of sp³-hybridized carbons (Fsp3) is 0.0455. The van der Waals surface area contributed by atoms with E-state index < -0.39 is 16.6 Å². The molecular formula is C22H16FN3O4. The van der Waals surface area contributed by atoms with Crippen molar-refractivity contribution in [1.29, 1.82) is 0 Å². The molecule has 2 N–H and O–H groups in total. The number of fused-ring (bicyclic) bond motifs is 1. The number of methoxy groups -OCH3 is 1. The number of rotatable bonds is 5. The summed E-state index contributed by atoms with van der Waals surface area (Å²) >= 11 is 0. The quantitative estimate of drug-likeness (QED) is 0.391. The summed E-state index contributed by atoms with van der Waals surface area (Å²) in [5, 5.41) is 11.8. The number of nitrogens with zero attached hydrogens (tertiary/aromatic N) is 2. The molecule has 1 heterocycles. The van der Waals surface area contributed by atoms with Crippen LogP contribution in [0.25, 0.3) is 27.7 Å². The maximum Gasteiger partial charge on any atom is 0.271 e. The molecule has 0 aliphatic heterocycles. The SMILES string of the molecule is COc1ccc(-c2cccc(-n3c(C(N)=O)cc4ccc([N+](=O)[O-])cc43)c2)c(F)c1. The van der Waals surface area contributed by atoms with Crippen LogP contribution in [0.5, 0.6) is 5.75 Å². The summed E-state index contributed by atoms with van der Waals surface area (Å²) in [6.45, 7) is 0. The summed E-state index contributed by atoms with van der Waals surface area (Å²) in [6.07, 6.45) is 0. The lowest BCUT2D eigenvalue weighted by molar-refractivity contribution is -0.384. The van der Waals surface area contributed by atoms with Gasteiger partial charge in [-0.1, -0.05) is 12.1 Å². The van der Waals surface area contributed by atoms with Crippen molar-refractivity contribution < 1.29 is 18.8 Å². The van der Waals surface area contributed by atoms with Crippen molar-refractivity contribution in [1.82, 2.24) is 4.57 Å². The van der Waals surface area contributed by atoms with Gasteiger partial charge in [-0.25, -0.2) is 4.39 Å². The van der Waals surface area contributed by atoms with Gasteiger partial charge in [0.2, 0.25) is 0 Å². The number of non-ortho nitro benzene ring substituents is 1. The first-order chi connectivity index (χ1) is 14.4. The molecule has 7 nitrogen and oxygen atoms in total. The van der Waals surface area contributed by atoms with E-state index in [0.717, 1.165) is 0 Å². The number of halogens is 1. The molecule has 0 fully saturated rings. The minimum absolute atomic E-state index is 0.116. The second-order valence-corrected chi connectivity index (χ2v) is 6.63. The Kier molecular flexibility index (Phi) is 4.67. The van der Waals surface area contributed by atoms with Crippen LogP contribution in [0, 0.1) is 15.9 Å². The van der Waals surface area contributed by atoms with E-state index >= 15 is 0 Å². The fourth-order valence-corrected chi connectivity index (χ4v) is 3.43. The zero-order valence-electron chi connectivity index (χ0n) is 15.8. The monoisotopic (exact) mass is 405 g/mol. The van der Waals surface area contributed by atoms with Gasteiger partial charge in [-0.15, -0.1) is 0 Å². The van der Waals surface area contributed by atoms with Crippen molar-refractivity contribution in [2.24, 2.45) is 5.73 Å². The second-order valence-electron chi connectivity index (χ2n) is 6.63. The highest BCUT2D eigenvalue weighted by molar-refractivity contribution is 5.99. The van der Waals surface area contributed by atoms with Crippen LogP contribution in [-0.4, -0.2) is 22.5 Å². The number of hydrogen-bond acceptors (Lipinski definition) is 4. The van der Waals surface area contributed by atoms with Gasteiger partial charge in [-0.05, 0) is 42.0 Å². The van der Waals surface area contributed by atoms with Crippen molar-refractivity contribution >= 4 is 22.5 Å². The van der Waals surface area contributed by atoms with Crippen LogP contribution in [0.4, 0.5) is 10.1 Å². The normalized spacial score (nSPS) is 10.9. The van der Waals surface area contributed by atoms with E-state index in [1.165, 1.54) is 29.9 Å². The summed E-state index contributed by atoms with van der Waals surface area (Å²) in [7, 11) is 1.46. The lowest BCUT2D eigenvalue weighted by atomic mass is 10.0. The average Bonchev–Trinajstić information content (AvgIpc) is 3.12.